The summed E-state index contributed by atoms with van der Waals surface area (Å²) in [5.74, 6) is -0.815. The second kappa shape index (κ2) is 11.2. The van der Waals surface area contributed by atoms with Crippen LogP contribution in [-0.4, -0.2) is 27.1 Å². The fourth-order valence-electron chi connectivity index (χ4n) is 3.38. The second-order valence-corrected chi connectivity index (χ2v) is 10.6. The Hall–Kier alpha value is -3.66. The number of rotatable bonds is 8. The maximum absolute atomic E-state index is 14.6. The number of hydrogen-bond donors (Lipinski definition) is 1. The van der Waals surface area contributed by atoms with Gasteiger partial charge in [0.1, 0.15) is 23.9 Å². The minimum Gasteiger partial charge on any atom is -0.455 e. The zero-order chi connectivity index (χ0) is 26.6. The van der Waals surface area contributed by atoms with Crippen molar-refractivity contribution in [3.63, 3.8) is 0 Å². The lowest BCUT2D eigenvalue weighted by molar-refractivity contribution is -0.119. The molecule has 37 heavy (non-hydrogen) atoms. The van der Waals surface area contributed by atoms with Crippen molar-refractivity contribution >= 4 is 51.0 Å². The summed E-state index contributed by atoms with van der Waals surface area (Å²) in [4.78, 5) is 12.6. The van der Waals surface area contributed by atoms with Crippen molar-refractivity contribution in [3.8, 4) is 11.3 Å². The lowest BCUT2D eigenvalue weighted by atomic mass is 10.2. The summed E-state index contributed by atoms with van der Waals surface area (Å²) in [6.45, 7) is 1.10. The van der Waals surface area contributed by atoms with Crippen molar-refractivity contribution < 1.29 is 22.0 Å². The van der Waals surface area contributed by atoms with Gasteiger partial charge < -0.3 is 4.42 Å². The molecule has 190 valence electrons. The number of nitrogens with one attached hydrogen (secondary N) is 1. The van der Waals surface area contributed by atoms with Crippen LogP contribution in [0.1, 0.15) is 11.3 Å². The van der Waals surface area contributed by atoms with Crippen LogP contribution < -0.4 is 9.73 Å². The van der Waals surface area contributed by atoms with Crippen LogP contribution in [0.25, 0.3) is 11.3 Å². The lowest BCUT2D eigenvalue weighted by Crippen LogP contribution is -2.40. The maximum atomic E-state index is 14.6. The minimum absolute atomic E-state index is 0.0818. The molecule has 0 bridgehead atoms. The molecule has 7 nitrogen and oxygen atoms in total. The third kappa shape index (κ3) is 6.19. The van der Waals surface area contributed by atoms with E-state index in [1.54, 1.807) is 42.5 Å². The second-order valence-electron chi connectivity index (χ2n) is 7.90. The molecule has 0 aliphatic heterocycles. The number of sulfonamides is 1. The van der Waals surface area contributed by atoms with Crippen LogP contribution in [0.2, 0.25) is 10.0 Å². The van der Waals surface area contributed by atoms with Crippen molar-refractivity contribution in [1.29, 1.82) is 0 Å². The van der Waals surface area contributed by atoms with Gasteiger partial charge in [0.25, 0.3) is 15.9 Å². The number of nitrogens with zero attached hydrogens (tertiary/aromatic N) is 2. The molecule has 1 heterocycles. The summed E-state index contributed by atoms with van der Waals surface area (Å²) in [6.07, 6.45) is 1.24. The molecule has 4 rings (SSSR count). The topological polar surface area (TPSA) is 92.0 Å². The smallest absolute Gasteiger partial charge is 0.264 e. The molecule has 0 spiro atoms. The first-order valence-electron chi connectivity index (χ1n) is 10.9. The van der Waals surface area contributed by atoms with Gasteiger partial charge >= 0.3 is 0 Å². The number of benzene rings is 3. The third-order valence-corrected chi connectivity index (χ3v) is 7.54. The molecule has 0 unspecified atom stereocenters. The van der Waals surface area contributed by atoms with E-state index in [9.17, 15) is 17.6 Å². The van der Waals surface area contributed by atoms with Crippen molar-refractivity contribution in [3.05, 3.63) is 106 Å². The normalized spacial score (nSPS) is 11.6. The maximum Gasteiger partial charge on any atom is 0.264 e. The van der Waals surface area contributed by atoms with Crippen LogP contribution in [0.5, 0.6) is 0 Å². The fourth-order valence-corrected chi connectivity index (χ4v) is 5.31. The Balaban J connectivity index is 1.51. The average Bonchev–Trinajstić information content (AvgIpc) is 3.32. The number of carbonyl (C=O) groups is 1. The van der Waals surface area contributed by atoms with Gasteiger partial charge in [0.2, 0.25) is 0 Å². The van der Waals surface area contributed by atoms with Crippen LogP contribution >= 0.6 is 23.2 Å². The Labute approximate surface area is 223 Å². The predicted molar refractivity (Wildman–Crippen MR) is 142 cm³/mol. The lowest BCUT2D eigenvalue weighted by Gasteiger charge is -2.24. The summed E-state index contributed by atoms with van der Waals surface area (Å²) < 4.78 is 47.6. The average molecular weight is 560 g/mol. The largest absolute Gasteiger partial charge is 0.455 e. The van der Waals surface area contributed by atoms with E-state index in [1.165, 1.54) is 36.5 Å². The van der Waals surface area contributed by atoms with Gasteiger partial charge in [0.05, 0.1) is 21.8 Å². The number of amides is 1. The first-order chi connectivity index (χ1) is 17.6. The number of anilines is 1. The Morgan fingerprint density at radius 1 is 1.05 bits per heavy atom. The van der Waals surface area contributed by atoms with E-state index in [2.05, 4.69) is 10.5 Å². The predicted octanol–water partition coefficient (Wildman–Crippen LogP) is 6.05. The Bertz CT molecular complexity index is 1570. The standard InChI is InChI=1S/C26H20Cl2FN3O4S/c1-17-6-10-20(11-7-17)37(34,35)32(24-5-3-2-4-23(24)29)16-26(33)31-30-15-19-9-13-25(36-19)21-12-8-18(27)14-22(21)28/h2-15H,16H2,1H3,(H,31,33)/b30-15-. The molecule has 1 amide bonds. The fraction of sp³-hybridized carbons (Fsp3) is 0.0769. The van der Waals surface area contributed by atoms with Crippen LogP contribution in [0.4, 0.5) is 10.1 Å². The Morgan fingerprint density at radius 3 is 2.49 bits per heavy atom. The van der Waals surface area contributed by atoms with Gasteiger partial charge in [-0.3, -0.25) is 9.10 Å². The molecule has 11 heteroatoms. The van der Waals surface area contributed by atoms with Gasteiger partial charge in [-0.1, -0.05) is 53.0 Å². The van der Waals surface area contributed by atoms with Crippen molar-refractivity contribution in [2.24, 2.45) is 5.10 Å². The van der Waals surface area contributed by atoms with Crippen LogP contribution in [0.15, 0.2) is 93.3 Å². The van der Waals surface area contributed by atoms with Crippen molar-refractivity contribution in [2.75, 3.05) is 10.8 Å². The van der Waals surface area contributed by atoms with Crippen LogP contribution in [0, 0.1) is 12.7 Å². The van der Waals surface area contributed by atoms with Gasteiger partial charge in [0.15, 0.2) is 0 Å². The van der Waals surface area contributed by atoms with E-state index in [-0.39, 0.29) is 10.6 Å². The quantitative estimate of drug-likeness (QED) is 0.210. The Kier molecular flexibility index (Phi) is 7.97. The van der Waals surface area contributed by atoms with Gasteiger partial charge in [0, 0.05) is 10.6 Å². The molecule has 1 aromatic heterocycles. The zero-order valence-corrected chi connectivity index (χ0v) is 21.7. The van der Waals surface area contributed by atoms with E-state index in [0.717, 1.165) is 11.6 Å². The van der Waals surface area contributed by atoms with Gasteiger partial charge in [-0.2, -0.15) is 5.10 Å². The van der Waals surface area contributed by atoms with Crippen molar-refractivity contribution in [2.45, 2.75) is 11.8 Å². The molecule has 0 saturated heterocycles. The number of para-hydroxylation sites is 1. The summed E-state index contributed by atoms with van der Waals surface area (Å²) in [5, 5.41) is 4.72. The number of halogens is 3. The highest BCUT2D eigenvalue weighted by Gasteiger charge is 2.29. The van der Waals surface area contributed by atoms with E-state index < -0.39 is 28.3 Å². The minimum atomic E-state index is -4.26. The number of carbonyl (C=O) groups excluding carboxylic acids is 1. The molecule has 0 aliphatic carbocycles. The summed E-state index contributed by atoms with van der Waals surface area (Å²) in [5.41, 5.74) is 3.46. The van der Waals surface area contributed by atoms with E-state index in [0.29, 0.717) is 31.4 Å². The summed E-state index contributed by atoms with van der Waals surface area (Å²) in [6, 6.07) is 19.6. The molecule has 0 aliphatic rings. The molecule has 0 radical (unpaired) electrons. The van der Waals surface area contributed by atoms with Gasteiger partial charge in [-0.15, -0.1) is 0 Å². The van der Waals surface area contributed by atoms with Crippen LogP contribution in [-0.2, 0) is 14.8 Å². The van der Waals surface area contributed by atoms with E-state index in [4.69, 9.17) is 27.6 Å². The zero-order valence-electron chi connectivity index (χ0n) is 19.4. The molecule has 1 N–H and O–H groups in total. The van der Waals surface area contributed by atoms with Crippen LogP contribution in [0.3, 0.4) is 0 Å². The number of hydrogen-bond acceptors (Lipinski definition) is 5. The van der Waals surface area contributed by atoms with Crippen molar-refractivity contribution in [1.82, 2.24) is 5.43 Å². The third-order valence-electron chi connectivity index (χ3n) is 5.22. The highest BCUT2D eigenvalue weighted by atomic mass is 35.5. The molecule has 0 fully saturated rings. The first-order valence-corrected chi connectivity index (χ1v) is 13.1. The van der Waals surface area contributed by atoms with Gasteiger partial charge in [-0.05, 0) is 61.5 Å². The summed E-state index contributed by atoms with van der Waals surface area (Å²) >= 11 is 12.1. The number of aryl methyl sites for hydroxylation is 1. The first kappa shape index (κ1) is 26.4. The molecule has 4 aromatic rings. The van der Waals surface area contributed by atoms with Gasteiger partial charge in [-0.25, -0.2) is 18.2 Å². The highest BCUT2D eigenvalue weighted by molar-refractivity contribution is 7.92. The SMILES string of the molecule is Cc1ccc(S(=O)(=O)N(CC(=O)N/N=C\c2ccc(-c3ccc(Cl)cc3Cl)o2)c2ccccc2F)cc1. The molecule has 3 aromatic carbocycles. The highest BCUT2D eigenvalue weighted by Crippen LogP contribution is 2.31. The molecular weight excluding hydrogens is 540 g/mol. The molecular formula is C26H20Cl2FN3O4S. The molecule has 0 atom stereocenters. The number of hydrazone groups is 1. The van der Waals surface area contributed by atoms with E-state index >= 15 is 0 Å². The number of furan rings is 1. The summed E-state index contributed by atoms with van der Waals surface area (Å²) in [7, 11) is -4.26. The monoisotopic (exact) mass is 559 g/mol. The molecule has 0 saturated carbocycles. The Morgan fingerprint density at radius 2 is 1.78 bits per heavy atom. The van der Waals surface area contributed by atoms with E-state index in [1.807, 2.05) is 6.92 Å².